The van der Waals surface area contributed by atoms with Gasteiger partial charge >= 0.3 is 5.69 Å². The quantitative estimate of drug-likeness (QED) is 0.513. The number of halogens is 1. The number of nitrogens with zero attached hydrogens (tertiary/aromatic N) is 3. The van der Waals surface area contributed by atoms with Crippen LogP contribution < -0.4 is 0 Å². The van der Waals surface area contributed by atoms with Gasteiger partial charge in [-0.05, 0) is 6.07 Å². The zero-order valence-electron chi connectivity index (χ0n) is 7.27. The summed E-state index contributed by atoms with van der Waals surface area (Å²) in [4.78, 5) is 9.69. The molecule has 0 unspecified atom stereocenters. The molecule has 0 aliphatic rings. The van der Waals surface area contributed by atoms with Crippen molar-refractivity contribution in [3.63, 3.8) is 0 Å². The van der Waals surface area contributed by atoms with Gasteiger partial charge in [-0.25, -0.2) is 0 Å². The first kappa shape index (κ1) is 8.61. The van der Waals surface area contributed by atoms with Gasteiger partial charge in [0.2, 0.25) is 5.82 Å². The van der Waals surface area contributed by atoms with Gasteiger partial charge in [0.25, 0.3) is 0 Å². The number of rotatable bonds is 1. The van der Waals surface area contributed by atoms with E-state index in [0.29, 0.717) is 10.9 Å². The van der Waals surface area contributed by atoms with Gasteiger partial charge in [0.1, 0.15) is 0 Å². The molecule has 14 heavy (non-hydrogen) atoms. The summed E-state index contributed by atoms with van der Waals surface area (Å²) in [6, 6.07) is 2.29. The summed E-state index contributed by atoms with van der Waals surface area (Å²) in [5.74, 6) is -0.838. The summed E-state index contributed by atoms with van der Waals surface area (Å²) < 4.78 is 14.6. The van der Waals surface area contributed by atoms with Gasteiger partial charge in [-0.3, -0.25) is 14.8 Å². The van der Waals surface area contributed by atoms with Crippen LogP contribution in [0.4, 0.5) is 10.1 Å². The second kappa shape index (κ2) is 2.76. The van der Waals surface area contributed by atoms with Crippen molar-refractivity contribution in [2.45, 2.75) is 0 Å². The van der Waals surface area contributed by atoms with Gasteiger partial charge in [0.05, 0.1) is 16.6 Å². The molecule has 1 aromatic carbocycles. The molecule has 0 saturated heterocycles. The number of nitro benzene ring substituents is 1. The summed E-state index contributed by atoms with van der Waals surface area (Å²) in [5, 5.41) is 14.9. The Hall–Kier alpha value is -1.98. The predicted octanol–water partition coefficient (Wildman–Crippen LogP) is 1.62. The lowest BCUT2D eigenvalue weighted by Crippen LogP contribution is -1.94. The number of aryl methyl sites for hydroxylation is 1. The highest BCUT2D eigenvalue weighted by Crippen LogP contribution is 2.23. The van der Waals surface area contributed by atoms with E-state index in [4.69, 9.17) is 0 Å². The third kappa shape index (κ3) is 1.12. The van der Waals surface area contributed by atoms with Gasteiger partial charge in [-0.15, -0.1) is 0 Å². The molecular weight excluding hydrogens is 189 g/mol. The van der Waals surface area contributed by atoms with Crippen LogP contribution in [0.5, 0.6) is 0 Å². The van der Waals surface area contributed by atoms with Gasteiger partial charge in [-0.2, -0.15) is 9.49 Å². The molecule has 2 rings (SSSR count). The van der Waals surface area contributed by atoms with E-state index >= 15 is 0 Å². The van der Waals surface area contributed by atoms with Gasteiger partial charge in [0.15, 0.2) is 0 Å². The smallest absolute Gasteiger partial charge is 0.268 e. The zero-order valence-corrected chi connectivity index (χ0v) is 7.27. The highest BCUT2D eigenvalue weighted by atomic mass is 19.1. The molecule has 0 spiro atoms. The summed E-state index contributed by atoms with van der Waals surface area (Å²) in [6.45, 7) is 0. The van der Waals surface area contributed by atoms with Crippen LogP contribution in [0, 0.1) is 15.9 Å². The van der Waals surface area contributed by atoms with E-state index < -0.39 is 16.4 Å². The first-order chi connectivity index (χ1) is 6.59. The van der Waals surface area contributed by atoms with Crippen molar-refractivity contribution in [2.75, 3.05) is 0 Å². The minimum Gasteiger partial charge on any atom is -0.268 e. The second-order valence-corrected chi connectivity index (χ2v) is 2.89. The lowest BCUT2D eigenvalue weighted by atomic mass is 10.2. The highest BCUT2D eigenvalue weighted by Gasteiger charge is 2.16. The number of hydrogen-bond acceptors (Lipinski definition) is 3. The Balaban J connectivity index is 2.80. The van der Waals surface area contributed by atoms with Crippen LogP contribution in [0.15, 0.2) is 18.3 Å². The standard InChI is InChI=1S/C8H6FN3O2/c1-11-7-3-8(12(13)14)6(9)2-5(7)4-10-11/h2-4H,1H3. The average molecular weight is 195 g/mol. The molecule has 0 atom stereocenters. The Morgan fingerprint density at radius 1 is 1.57 bits per heavy atom. The fourth-order valence-corrected chi connectivity index (χ4v) is 1.30. The number of aromatic nitrogens is 2. The SMILES string of the molecule is Cn1ncc2cc(F)c([N+](=O)[O-])cc21. The summed E-state index contributed by atoms with van der Waals surface area (Å²) in [7, 11) is 1.64. The Kier molecular flexibility index (Phi) is 1.70. The molecule has 1 aromatic heterocycles. The van der Waals surface area contributed by atoms with E-state index in [1.165, 1.54) is 16.9 Å². The topological polar surface area (TPSA) is 61.0 Å². The van der Waals surface area contributed by atoms with Crippen molar-refractivity contribution < 1.29 is 9.31 Å². The maximum atomic E-state index is 13.1. The lowest BCUT2D eigenvalue weighted by Gasteiger charge is -1.96. The average Bonchev–Trinajstić information content (AvgIpc) is 2.46. The van der Waals surface area contributed by atoms with Crippen LogP contribution in [0.25, 0.3) is 10.9 Å². The van der Waals surface area contributed by atoms with Gasteiger partial charge < -0.3 is 0 Å². The zero-order chi connectivity index (χ0) is 10.3. The van der Waals surface area contributed by atoms with E-state index in [2.05, 4.69) is 5.10 Å². The molecule has 0 radical (unpaired) electrons. The fraction of sp³-hybridized carbons (Fsp3) is 0.125. The molecule has 0 saturated carbocycles. The van der Waals surface area contributed by atoms with E-state index in [1.807, 2.05) is 0 Å². The molecular formula is C8H6FN3O2. The lowest BCUT2D eigenvalue weighted by molar-refractivity contribution is -0.387. The minimum absolute atomic E-state index is 0.527. The van der Waals surface area contributed by atoms with E-state index in [1.54, 1.807) is 7.05 Å². The normalized spacial score (nSPS) is 10.7. The van der Waals surface area contributed by atoms with Crippen molar-refractivity contribution in [3.8, 4) is 0 Å². The maximum absolute atomic E-state index is 13.1. The summed E-state index contributed by atoms with van der Waals surface area (Å²) in [6.07, 6.45) is 1.46. The predicted molar refractivity (Wildman–Crippen MR) is 47.3 cm³/mol. The van der Waals surface area contributed by atoms with Crippen LogP contribution in [-0.4, -0.2) is 14.7 Å². The first-order valence-electron chi connectivity index (χ1n) is 3.85. The van der Waals surface area contributed by atoms with Crippen molar-refractivity contribution in [2.24, 2.45) is 7.05 Å². The van der Waals surface area contributed by atoms with Crippen LogP contribution in [-0.2, 0) is 7.05 Å². The molecule has 0 amide bonds. The summed E-state index contributed by atoms with van der Waals surface area (Å²) >= 11 is 0. The Morgan fingerprint density at radius 2 is 2.29 bits per heavy atom. The van der Waals surface area contributed by atoms with E-state index in [-0.39, 0.29) is 0 Å². The number of nitro groups is 1. The molecule has 0 aliphatic carbocycles. The fourth-order valence-electron chi connectivity index (χ4n) is 1.30. The van der Waals surface area contributed by atoms with Crippen LogP contribution in [0.2, 0.25) is 0 Å². The Bertz CT molecular complexity index is 521. The van der Waals surface area contributed by atoms with E-state index in [9.17, 15) is 14.5 Å². The van der Waals surface area contributed by atoms with Crippen LogP contribution in [0.1, 0.15) is 0 Å². The number of benzene rings is 1. The van der Waals surface area contributed by atoms with Crippen molar-refractivity contribution >= 4 is 16.6 Å². The van der Waals surface area contributed by atoms with Crippen molar-refractivity contribution in [1.82, 2.24) is 9.78 Å². The molecule has 6 heteroatoms. The monoisotopic (exact) mass is 195 g/mol. The largest absolute Gasteiger partial charge is 0.306 e. The Morgan fingerprint density at radius 3 is 2.93 bits per heavy atom. The maximum Gasteiger partial charge on any atom is 0.306 e. The minimum atomic E-state index is -0.838. The molecule has 2 aromatic rings. The molecule has 0 fully saturated rings. The van der Waals surface area contributed by atoms with Crippen LogP contribution >= 0.6 is 0 Å². The first-order valence-corrected chi connectivity index (χ1v) is 3.85. The second-order valence-electron chi connectivity index (χ2n) is 2.89. The van der Waals surface area contributed by atoms with Gasteiger partial charge in [-0.1, -0.05) is 0 Å². The molecule has 72 valence electrons. The third-order valence-corrected chi connectivity index (χ3v) is 2.01. The number of fused-ring (bicyclic) bond motifs is 1. The third-order valence-electron chi connectivity index (χ3n) is 2.01. The van der Waals surface area contributed by atoms with Crippen LogP contribution in [0.3, 0.4) is 0 Å². The van der Waals surface area contributed by atoms with Gasteiger partial charge in [0, 0.05) is 18.5 Å². The molecule has 0 aliphatic heterocycles. The van der Waals surface area contributed by atoms with E-state index in [0.717, 1.165) is 6.07 Å². The van der Waals surface area contributed by atoms with Crippen molar-refractivity contribution in [3.05, 3.63) is 34.3 Å². The molecule has 0 bridgehead atoms. The molecule has 5 nitrogen and oxygen atoms in total. The van der Waals surface area contributed by atoms with Crippen molar-refractivity contribution in [1.29, 1.82) is 0 Å². The summed E-state index contributed by atoms with van der Waals surface area (Å²) in [5.41, 5.74) is 0.0131. The number of hydrogen-bond donors (Lipinski definition) is 0. The molecule has 1 heterocycles. The Labute approximate surface area is 77.9 Å². The highest BCUT2D eigenvalue weighted by molar-refractivity contribution is 5.81. The molecule has 0 N–H and O–H groups in total.